The molecule has 0 saturated carbocycles. The summed E-state index contributed by atoms with van der Waals surface area (Å²) in [5.41, 5.74) is 3.50. The molecule has 0 spiro atoms. The minimum atomic E-state index is -0.547. The standard InChI is InChI=1S/C15H14F2/c1-3-11-4-6-13(10(2)8-11)14-7-5-12(16)9-15(14)17/h4-9H,3H2,1-2H3. The Morgan fingerprint density at radius 1 is 0.941 bits per heavy atom. The predicted molar refractivity (Wildman–Crippen MR) is 65.9 cm³/mol. The maximum absolute atomic E-state index is 13.7. The van der Waals surface area contributed by atoms with Crippen molar-refractivity contribution in [3.63, 3.8) is 0 Å². The van der Waals surface area contributed by atoms with Crippen LogP contribution in [0.25, 0.3) is 11.1 Å². The van der Waals surface area contributed by atoms with Gasteiger partial charge in [-0.3, -0.25) is 0 Å². The normalized spacial score (nSPS) is 10.6. The molecule has 88 valence electrons. The summed E-state index contributed by atoms with van der Waals surface area (Å²) in [6.07, 6.45) is 0.951. The van der Waals surface area contributed by atoms with Gasteiger partial charge in [0.05, 0.1) is 0 Å². The van der Waals surface area contributed by atoms with Crippen LogP contribution in [-0.4, -0.2) is 0 Å². The second kappa shape index (κ2) is 4.66. The van der Waals surface area contributed by atoms with Crippen LogP contribution in [0.5, 0.6) is 0 Å². The van der Waals surface area contributed by atoms with Gasteiger partial charge in [-0.15, -0.1) is 0 Å². The molecule has 2 aromatic rings. The Morgan fingerprint density at radius 3 is 2.24 bits per heavy atom. The summed E-state index contributed by atoms with van der Waals surface area (Å²) >= 11 is 0. The van der Waals surface area contributed by atoms with Gasteiger partial charge in [-0.1, -0.05) is 25.1 Å². The summed E-state index contributed by atoms with van der Waals surface area (Å²) in [5.74, 6) is -1.06. The molecule has 0 radical (unpaired) electrons. The molecular weight excluding hydrogens is 218 g/mol. The number of hydrogen-bond donors (Lipinski definition) is 0. The quantitative estimate of drug-likeness (QED) is 0.715. The molecule has 0 amide bonds. The van der Waals surface area contributed by atoms with Crippen molar-refractivity contribution in [3.05, 3.63) is 59.2 Å². The Bertz CT molecular complexity index is 545. The third-order valence-corrected chi connectivity index (χ3v) is 2.92. The lowest BCUT2D eigenvalue weighted by molar-refractivity contribution is 0.585. The molecule has 0 fully saturated rings. The van der Waals surface area contributed by atoms with Crippen LogP contribution in [0.4, 0.5) is 8.78 Å². The number of rotatable bonds is 2. The van der Waals surface area contributed by atoms with Gasteiger partial charge in [0.15, 0.2) is 0 Å². The minimum absolute atomic E-state index is 0.451. The van der Waals surface area contributed by atoms with Crippen molar-refractivity contribution in [3.8, 4) is 11.1 Å². The number of hydrogen-bond acceptors (Lipinski definition) is 0. The highest BCUT2D eigenvalue weighted by molar-refractivity contribution is 5.68. The van der Waals surface area contributed by atoms with Crippen molar-refractivity contribution in [2.75, 3.05) is 0 Å². The lowest BCUT2D eigenvalue weighted by Crippen LogP contribution is -1.91. The first-order chi connectivity index (χ1) is 8.11. The highest BCUT2D eigenvalue weighted by Crippen LogP contribution is 2.27. The van der Waals surface area contributed by atoms with Gasteiger partial charge < -0.3 is 0 Å². The average molecular weight is 232 g/mol. The van der Waals surface area contributed by atoms with E-state index in [0.29, 0.717) is 5.56 Å². The van der Waals surface area contributed by atoms with E-state index in [4.69, 9.17) is 0 Å². The van der Waals surface area contributed by atoms with E-state index in [2.05, 4.69) is 6.92 Å². The molecule has 0 aliphatic rings. The fourth-order valence-electron chi connectivity index (χ4n) is 1.96. The molecular formula is C15H14F2. The van der Waals surface area contributed by atoms with Crippen molar-refractivity contribution in [1.29, 1.82) is 0 Å². The van der Waals surface area contributed by atoms with Gasteiger partial charge in [0, 0.05) is 11.6 Å². The van der Waals surface area contributed by atoms with Crippen LogP contribution in [-0.2, 0) is 6.42 Å². The topological polar surface area (TPSA) is 0 Å². The predicted octanol–water partition coefficient (Wildman–Crippen LogP) is 4.50. The zero-order chi connectivity index (χ0) is 12.4. The van der Waals surface area contributed by atoms with E-state index in [1.54, 1.807) is 0 Å². The molecule has 0 atom stereocenters. The van der Waals surface area contributed by atoms with E-state index in [0.717, 1.165) is 23.6 Å². The molecule has 2 heteroatoms. The van der Waals surface area contributed by atoms with Crippen molar-refractivity contribution in [2.45, 2.75) is 20.3 Å². The summed E-state index contributed by atoms with van der Waals surface area (Å²) in [5, 5.41) is 0. The molecule has 0 aromatic heterocycles. The summed E-state index contributed by atoms with van der Waals surface area (Å²) in [6.45, 7) is 4.02. The molecule has 0 bridgehead atoms. The number of benzene rings is 2. The second-order valence-electron chi connectivity index (χ2n) is 4.13. The summed E-state index contributed by atoms with van der Waals surface area (Å²) in [4.78, 5) is 0. The van der Waals surface area contributed by atoms with Gasteiger partial charge >= 0.3 is 0 Å². The van der Waals surface area contributed by atoms with Gasteiger partial charge in [0.1, 0.15) is 11.6 Å². The summed E-state index contributed by atoms with van der Waals surface area (Å²) in [7, 11) is 0. The van der Waals surface area contributed by atoms with E-state index in [1.165, 1.54) is 17.7 Å². The fourth-order valence-corrected chi connectivity index (χ4v) is 1.96. The number of halogens is 2. The van der Waals surface area contributed by atoms with Gasteiger partial charge in [-0.2, -0.15) is 0 Å². The lowest BCUT2D eigenvalue weighted by Gasteiger charge is -2.09. The van der Waals surface area contributed by atoms with Crippen LogP contribution in [0.3, 0.4) is 0 Å². The molecule has 0 aliphatic heterocycles. The van der Waals surface area contributed by atoms with Crippen LogP contribution < -0.4 is 0 Å². The summed E-state index contributed by atoms with van der Waals surface area (Å²) in [6, 6.07) is 9.60. The second-order valence-corrected chi connectivity index (χ2v) is 4.13. The molecule has 0 heterocycles. The Morgan fingerprint density at radius 2 is 1.65 bits per heavy atom. The molecule has 0 aliphatic carbocycles. The van der Waals surface area contributed by atoms with Gasteiger partial charge in [-0.05, 0) is 42.2 Å². The average Bonchev–Trinajstić information content (AvgIpc) is 2.30. The zero-order valence-electron chi connectivity index (χ0n) is 9.93. The minimum Gasteiger partial charge on any atom is -0.207 e. The first kappa shape index (κ1) is 11.8. The highest BCUT2D eigenvalue weighted by Gasteiger charge is 2.08. The van der Waals surface area contributed by atoms with Gasteiger partial charge in [-0.25, -0.2) is 8.78 Å². The largest absolute Gasteiger partial charge is 0.207 e. The molecule has 2 aromatic carbocycles. The molecule has 0 saturated heterocycles. The maximum atomic E-state index is 13.7. The maximum Gasteiger partial charge on any atom is 0.133 e. The zero-order valence-corrected chi connectivity index (χ0v) is 9.93. The van der Waals surface area contributed by atoms with Crippen LogP contribution in [0.1, 0.15) is 18.1 Å². The third-order valence-electron chi connectivity index (χ3n) is 2.92. The van der Waals surface area contributed by atoms with Gasteiger partial charge in [0.2, 0.25) is 0 Å². The van der Waals surface area contributed by atoms with Crippen molar-refractivity contribution >= 4 is 0 Å². The highest BCUT2D eigenvalue weighted by atomic mass is 19.1. The molecule has 0 unspecified atom stereocenters. The first-order valence-electron chi connectivity index (χ1n) is 5.66. The lowest BCUT2D eigenvalue weighted by atomic mass is 9.97. The monoisotopic (exact) mass is 232 g/mol. The van der Waals surface area contributed by atoms with E-state index in [1.807, 2.05) is 25.1 Å². The Balaban J connectivity index is 2.53. The van der Waals surface area contributed by atoms with Crippen LogP contribution in [0, 0.1) is 18.6 Å². The Hall–Kier alpha value is -1.70. The Labute approximate surface area is 99.9 Å². The molecule has 2 rings (SSSR count). The smallest absolute Gasteiger partial charge is 0.133 e. The molecule has 17 heavy (non-hydrogen) atoms. The summed E-state index contributed by atoms with van der Waals surface area (Å²) < 4.78 is 26.5. The third kappa shape index (κ3) is 2.36. The fraction of sp³-hybridized carbons (Fsp3) is 0.200. The van der Waals surface area contributed by atoms with E-state index < -0.39 is 11.6 Å². The van der Waals surface area contributed by atoms with Crippen molar-refractivity contribution in [1.82, 2.24) is 0 Å². The SMILES string of the molecule is CCc1ccc(-c2ccc(F)cc2F)c(C)c1. The van der Waals surface area contributed by atoms with Crippen LogP contribution in [0.15, 0.2) is 36.4 Å². The van der Waals surface area contributed by atoms with Crippen molar-refractivity contribution in [2.24, 2.45) is 0 Å². The van der Waals surface area contributed by atoms with Crippen molar-refractivity contribution < 1.29 is 8.78 Å². The van der Waals surface area contributed by atoms with Crippen LogP contribution >= 0.6 is 0 Å². The van der Waals surface area contributed by atoms with Gasteiger partial charge in [0.25, 0.3) is 0 Å². The van der Waals surface area contributed by atoms with E-state index in [-0.39, 0.29) is 0 Å². The van der Waals surface area contributed by atoms with E-state index >= 15 is 0 Å². The number of aryl methyl sites for hydroxylation is 2. The molecule has 0 nitrogen and oxygen atoms in total. The first-order valence-corrected chi connectivity index (χ1v) is 5.66. The van der Waals surface area contributed by atoms with E-state index in [9.17, 15) is 8.78 Å². The van der Waals surface area contributed by atoms with Crippen LogP contribution in [0.2, 0.25) is 0 Å². The molecule has 0 N–H and O–H groups in total. The Kier molecular flexibility index (Phi) is 3.23.